The average molecular weight is 550 g/mol. The van der Waals surface area contributed by atoms with Crippen LogP contribution in [0.4, 0.5) is 10.5 Å². The molecule has 1 unspecified atom stereocenters. The van der Waals surface area contributed by atoms with E-state index in [1.807, 2.05) is 33.8 Å². The smallest absolute Gasteiger partial charge is 0.410 e. The molecule has 0 radical (unpaired) electrons. The third-order valence-electron chi connectivity index (χ3n) is 5.94. The Bertz CT molecular complexity index is 1140. The number of carbonyl (C=O) groups excluding carboxylic acids is 2. The molecule has 1 heterocycles. The standard InChI is InChI=1S/C27H36ClN3O5S/c1-6-37(34)24-10-8-20(28)15-19(24)17-29-25(32)18-7-9-22(23(16-18)35-5)30-21-11-13-31(14-12-21)26(33)36-27(2,3)4/h7-10,15-16,21,30H,6,11-14,17H2,1-5H3,(H,29,32). The van der Waals surface area contributed by atoms with Gasteiger partial charge in [-0.25, -0.2) is 4.79 Å². The molecule has 1 aliphatic rings. The van der Waals surface area contributed by atoms with Crippen molar-refractivity contribution in [3.05, 3.63) is 52.5 Å². The quantitative estimate of drug-likeness (QED) is 0.469. The second kappa shape index (κ2) is 12.6. The Hall–Kier alpha value is -2.78. The van der Waals surface area contributed by atoms with E-state index in [-0.39, 0.29) is 24.6 Å². The van der Waals surface area contributed by atoms with Gasteiger partial charge in [0.2, 0.25) is 0 Å². The number of ether oxygens (including phenoxy) is 2. The molecular formula is C27H36ClN3O5S. The Morgan fingerprint density at radius 2 is 1.84 bits per heavy atom. The number of carbonyl (C=O) groups is 2. The van der Waals surface area contributed by atoms with Gasteiger partial charge in [-0.1, -0.05) is 18.5 Å². The van der Waals surface area contributed by atoms with Crippen LogP contribution in [0.2, 0.25) is 5.02 Å². The van der Waals surface area contributed by atoms with Crippen LogP contribution in [-0.2, 0) is 22.1 Å². The molecule has 1 atom stereocenters. The number of halogens is 1. The van der Waals surface area contributed by atoms with Gasteiger partial charge in [0, 0.05) is 46.9 Å². The molecule has 0 aromatic heterocycles. The molecule has 10 heteroatoms. The highest BCUT2D eigenvalue weighted by molar-refractivity contribution is 7.85. The van der Waals surface area contributed by atoms with E-state index in [1.54, 1.807) is 42.3 Å². The van der Waals surface area contributed by atoms with Gasteiger partial charge in [-0.15, -0.1) is 0 Å². The highest BCUT2D eigenvalue weighted by atomic mass is 35.5. The van der Waals surface area contributed by atoms with Crippen LogP contribution >= 0.6 is 11.6 Å². The van der Waals surface area contributed by atoms with E-state index in [4.69, 9.17) is 21.1 Å². The number of amides is 2. The van der Waals surface area contributed by atoms with E-state index < -0.39 is 16.4 Å². The molecule has 2 amide bonds. The summed E-state index contributed by atoms with van der Waals surface area (Å²) in [5.74, 6) is 0.760. The van der Waals surface area contributed by atoms with Crippen molar-refractivity contribution < 1.29 is 23.3 Å². The van der Waals surface area contributed by atoms with Crippen molar-refractivity contribution in [3.8, 4) is 5.75 Å². The van der Waals surface area contributed by atoms with Gasteiger partial charge in [0.1, 0.15) is 11.4 Å². The normalized spacial score (nSPS) is 15.1. The Morgan fingerprint density at radius 3 is 2.46 bits per heavy atom. The van der Waals surface area contributed by atoms with Crippen LogP contribution in [0, 0.1) is 0 Å². The number of hydrogen-bond donors (Lipinski definition) is 2. The fourth-order valence-corrected chi connectivity index (χ4v) is 5.19. The summed E-state index contributed by atoms with van der Waals surface area (Å²) in [5.41, 5.74) is 1.44. The largest absolute Gasteiger partial charge is 0.495 e. The zero-order valence-corrected chi connectivity index (χ0v) is 23.6. The molecule has 2 aromatic rings. The van der Waals surface area contributed by atoms with Gasteiger partial charge < -0.3 is 25.0 Å². The van der Waals surface area contributed by atoms with Crippen molar-refractivity contribution in [1.82, 2.24) is 10.2 Å². The molecule has 3 rings (SSSR count). The molecule has 2 N–H and O–H groups in total. The van der Waals surface area contributed by atoms with Crippen LogP contribution in [0.15, 0.2) is 41.3 Å². The fraction of sp³-hybridized carbons (Fsp3) is 0.481. The Kier molecular flexibility index (Phi) is 9.84. The third kappa shape index (κ3) is 8.10. The molecule has 8 nitrogen and oxygen atoms in total. The maximum absolute atomic E-state index is 12.9. The second-order valence-corrected chi connectivity index (χ2v) is 12.0. The molecule has 0 saturated carbocycles. The lowest BCUT2D eigenvalue weighted by molar-refractivity contribution is 0.0210. The summed E-state index contributed by atoms with van der Waals surface area (Å²) in [6, 6.07) is 10.6. The van der Waals surface area contributed by atoms with Crippen LogP contribution in [0.3, 0.4) is 0 Å². The predicted octanol–water partition coefficient (Wildman–Crippen LogP) is 5.22. The molecule has 0 aliphatic carbocycles. The lowest BCUT2D eigenvalue weighted by atomic mass is 10.0. The van der Waals surface area contributed by atoms with Crippen LogP contribution in [0.25, 0.3) is 0 Å². The van der Waals surface area contributed by atoms with Crippen molar-refractivity contribution in [3.63, 3.8) is 0 Å². The maximum Gasteiger partial charge on any atom is 0.410 e. The summed E-state index contributed by atoms with van der Waals surface area (Å²) >= 11 is 6.12. The molecule has 1 saturated heterocycles. The van der Waals surface area contributed by atoms with Gasteiger partial charge >= 0.3 is 6.09 Å². The molecular weight excluding hydrogens is 514 g/mol. The first-order valence-corrected chi connectivity index (χ1v) is 14.1. The van der Waals surface area contributed by atoms with E-state index in [0.717, 1.165) is 24.1 Å². The van der Waals surface area contributed by atoms with Gasteiger partial charge in [-0.3, -0.25) is 9.00 Å². The number of rotatable bonds is 8. The number of likely N-dealkylation sites (tertiary alicyclic amines) is 1. The number of nitrogens with one attached hydrogen (secondary N) is 2. The topological polar surface area (TPSA) is 97.0 Å². The summed E-state index contributed by atoms with van der Waals surface area (Å²) in [6.45, 7) is 8.83. The molecule has 37 heavy (non-hydrogen) atoms. The first kappa shape index (κ1) is 28.8. The van der Waals surface area contributed by atoms with E-state index in [0.29, 0.717) is 40.1 Å². The summed E-state index contributed by atoms with van der Waals surface area (Å²) in [6.07, 6.45) is 1.25. The van der Waals surface area contributed by atoms with Crippen molar-refractivity contribution in [2.75, 3.05) is 31.3 Å². The number of benzene rings is 2. The van der Waals surface area contributed by atoms with Gasteiger partial charge in [0.15, 0.2) is 0 Å². The van der Waals surface area contributed by atoms with Crippen LogP contribution in [0.5, 0.6) is 5.75 Å². The highest BCUT2D eigenvalue weighted by Crippen LogP contribution is 2.28. The first-order chi connectivity index (χ1) is 17.5. The van der Waals surface area contributed by atoms with Gasteiger partial charge in [0.25, 0.3) is 5.91 Å². The minimum absolute atomic E-state index is 0.160. The number of hydrogen-bond acceptors (Lipinski definition) is 6. The molecule has 0 spiro atoms. The monoisotopic (exact) mass is 549 g/mol. The zero-order chi connectivity index (χ0) is 27.2. The van der Waals surface area contributed by atoms with Crippen molar-refractivity contribution >= 4 is 40.1 Å². The van der Waals surface area contributed by atoms with E-state index >= 15 is 0 Å². The van der Waals surface area contributed by atoms with Crippen molar-refractivity contribution in [2.45, 2.75) is 63.6 Å². The molecule has 1 fully saturated rings. The summed E-state index contributed by atoms with van der Waals surface area (Å²) in [5, 5.41) is 6.89. The summed E-state index contributed by atoms with van der Waals surface area (Å²) in [7, 11) is 0.403. The fourth-order valence-electron chi connectivity index (χ4n) is 4.05. The minimum Gasteiger partial charge on any atom is -0.495 e. The Balaban J connectivity index is 1.61. The molecule has 1 aliphatic heterocycles. The molecule has 202 valence electrons. The van der Waals surface area contributed by atoms with Crippen LogP contribution in [-0.4, -0.2) is 58.7 Å². The lowest BCUT2D eigenvalue weighted by Crippen LogP contribution is -2.44. The number of piperidine rings is 1. The summed E-state index contributed by atoms with van der Waals surface area (Å²) < 4.78 is 23.4. The maximum atomic E-state index is 12.9. The Labute approximate surface area is 226 Å². The second-order valence-electron chi connectivity index (χ2n) is 9.87. The number of anilines is 1. The van der Waals surface area contributed by atoms with E-state index in [9.17, 15) is 13.8 Å². The first-order valence-electron chi connectivity index (χ1n) is 12.4. The van der Waals surface area contributed by atoms with Gasteiger partial charge in [0.05, 0.1) is 23.6 Å². The Morgan fingerprint density at radius 1 is 1.14 bits per heavy atom. The zero-order valence-electron chi connectivity index (χ0n) is 22.1. The summed E-state index contributed by atoms with van der Waals surface area (Å²) in [4.78, 5) is 27.6. The minimum atomic E-state index is -1.16. The predicted molar refractivity (Wildman–Crippen MR) is 147 cm³/mol. The molecule has 2 aromatic carbocycles. The van der Waals surface area contributed by atoms with Crippen molar-refractivity contribution in [1.29, 1.82) is 0 Å². The number of nitrogens with zero attached hydrogens (tertiary/aromatic N) is 1. The van der Waals surface area contributed by atoms with Crippen molar-refractivity contribution in [2.24, 2.45) is 0 Å². The molecule has 0 bridgehead atoms. The van der Waals surface area contributed by atoms with E-state index in [1.165, 1.54) is 0 Å². The van der Waals surface area contributed by atoms with Gasteiger partial charge in [-0.2, -0.15) is 0 Å². The van der Waals surface area contributed by atoms with Gasteiger partial charge in [-0.05, 0) is 75.6 Å². The highest BCUT2D eigenvalue weighted by Gasteiger charge is 2.27. The van der Waals surface area contributed by atoms with Crippen LogP contribution < -0.4 is 15.4 Å². The van der Waals surface area contributed by atoms with E-state index in [2.05, 4.69) is 10.6 Å². The third-order valence-corrected chi connectivity index (χ3v) is 7.59. The van der Waals surface area contributed by atoms with Crippen LogP contribution in [0.1, 0.15) is 56.5 Å². The number of methoxy groups -OCH3 is 1. The SMILES string of the molecule is CCS(=O)c1ccc(Cl)cc1CNC(=O)c1ccc(NC2CCN(C(=O)OC(C)(C)C)CC2)c(OC)c1. The average Bonchev–Trinajstić information content (AvgIpc) is 2.86. The lowest BCUT2D eigenvalue weighted by Gasteiger charge is -2.34.